The van der Waals surface area contributed by atoms with E-state index in [1.54, 1.807) is 22.7 Å². The van der Waals surface area contributed by atoms with Crippen molar-refractivity contribution in [1.29, 1.82) is 0 Å². The van der Waals surface area contributed by atoms with E-state index in [0.717, 1.165) is 12.0 Å². The fourth-order valence-corrected chi connectivity index (χ4v) is 4.26. The molecule has 2 fully saturated rings. The standard InChI is InChI=1S/C15H17NO3S/c1-10-5-3-4-6-12(10)19-14(18)11-9-20-15(2)8-7-13(17)16(11)15/h3-6,11H,7-9H2,1-2H3. The third-order valence-corrected chi connectivity index (χ3v) is 5.53. The molecule has 20 heavy (non-hydrogen) atoms. The van der Waals surface area contributed by atoms with Crippen molar-refractivity contribution < 1.29 is 14.3 Å². The summed E-state index contributed by atoms with van der Waals surface area (Å²) in [5, 5.41) is 0. The molecule has 0 spiro atoms. The Morgan fingerprint density at radius 2 is 2.20 bits per heavy atom. The fraction of sp³-hybridized carbons (Fsp3) is 0.467. The van der Waals surface area contributed by atoms with Gasteiger partial charge in [-0.1, -0.05) is 18.2 Å². The molecule has 2 aliphatic heterocycles. The number of carbonyl (C=O) groups excluding carboxylic acids is 2. The topological polar surface area (TPSA) is 46.6 Å². The lowest BCUT2D eigenvalue weighted by atomic mass is 10.2. The molecule has 2 heterocycles. The van der Waals surface area contributed by atoms with Crippen LogP contribution in [0.5, 0.6) is 5.75 Å². The molecule has 1 aromatic carbocycles. The summed E-state index contributed by atoms with van der Waals surface area (Å²) in [5.41, 5.74) is 0.919. The summed E-state index contributed by atoms with van der Waals surface area (Å²) in [4.78, 5) is 25.9. The summed E-state index contributed by atoms with van der Waals surface area (Å²) in [5.74, 6) is 0.921. The maximum Gasteiger partial charge on any atom is 0.335 e. The van der Waals surface area contributed by atoms with Gasteiger partial charge in [-0.05, 0) is 31.9 Å². The van der Waals surface area contributed by atoms with Gasteiger partial charge >= 0.3 is 5.97 Å². The quantitative estimate of drug-likeness (QED) is 0.620. The molecule has 2 saturated heterocycles. The number of para-hydroxylation sites is 1. The monoisotopic (exact) mass is 291 g/mol. The van der Waals surface area contributed by atoms with Crippen LogP contribution in [0.1, 0.15) is 25.3 Å². The lowest BCUT2D eigenvalue weighted by molar-refractivity contribution is -0.146. The van der Waals surface area contributed by atoms with E-state index in [1.807, 2.05) is 32.0 Å². The van der Waals surface area contributed by atoms with Gasteiger partial charge in [0.1, 0.15) is 11.8 Å². The van der Waals surface area contributed by atoms with Crippen LogP contribution in [-0.4, -0.2) is 33.4 Å². The molecular formula is C15H17NO3S. The van der Waals surface area contributed by atoms with E-state index in [4.69, 9.17) is 4.74 Å². The van der Waals surface area contributed by atoms with Crippen LogP contribution in [0.4, 0.5) is 0 Å². The smallest absolute Gasteiger partial charge is 0.335 e. The number of hydrogen-bond donors (Lipinski definition) is 0. The molecule has 2 aliphatic rings. The summed E-state index contributed by atoms with van der Waals surface area (Å²) in [7, 11) is 0. The predicted octanol–water partition coefficient (Wildman–Crippen LogP) is 2.35. The molecule has 2 unspecified atom stereocenters. The molecule has 5 heteroatoms. The molecular weight excluding hydrogens is 274 g/mol. The van der Waals surface area contributed by atoms with Crippen LogP contribution < -0.4 is 4.74 Å². The van der Waals surface area contributed by atoms with Gasteiger partial charge in [-0.15, -0.1) is 11.8 Å². The number of ether oxygens (including phenoxy) is 1. The van der Waals surface area contributed by atoms with E-state index in [-0.39, 0.29) is 16.7 Å². The molecule has 1 amide bonds. The Morgan fingerprint density at radius 1 is 1.45 bits per heavy atom. The average Bonchev–Trinajstić information content (AvgIpc) is 2.90. The average molecular weight is 291 g/mol. The number of thioether (sulfide) groups is 1. The molecule has 0 saturated carbocycles. The Labute approximate surface area is 122 Å². The van der Waals surface area contributed by atoms with Crippen molar-refractivity contribution in [3.05, 3.63) is 29.8 Å². The number of benzene rings is 1. The zero-order valence-electron chi connectivity index (χ0n) is 11.6. The molecule has 0 aromatic heterocycles. The Balaban J connectivity index is 1.79. The van der Waals surface area contributed by atoms with Crippen LogP contribution in [0, 0.1) is 6.92 Å². The van der Waals surface area contributed by atoms with Crippen LogP contribution in [0.3, 0.4) is 0 Å². The Bertz CT molecular complexity index is 574. The van der Waals surface area contributed by atoms with Gasteiger partial charge in [0.15, 0.2) is 0 Å². The maximum atomic E-state index is 12.4. The third-order valence-electron chi connectivity index (χ3n) is 4.02. The number of esters is 1. The lowest BCUT2D eigenvalue weighted by Crippen LogP contribution is -2.47. The van der Waals surface area contributed by atoms with Crippen molar-refractivity contribution in [2.75, 3.05) is 5.75 Å². The van der Waals surface area contributed by atoms with Crippen molar-refractivity contribution in [3.63, 3.8) is 0 Å². The Hall–Kier alpha value is -1.49. The maximum absolute atomic E-state index is 12.4. The summed E-state index contributed by atoms with van der Waals surface area (Å²) in [6.45, 7) is 3.93. The van der Waals surface area contributed by atoms with Crippen molar-refractivity contribution in [2.24, 2.45) is 0 Å². The first-order valence-corrected chi connectivity index (χ1v) is 7.73. The number of hydrogen-bond acceptors (Lipinski definition) is 4. The highest BCUT2D eigenvalue weighted by Gasteiger charge is 2.53. The first-order valence-electron chi connectivity index (χ1n) is 6.75. The molecule has 3 rings (SSSR count). The molecule has 0 aliphatic carbocycles. The van der Waals surface area contributed by atoms with Crippen LogP contribution in [0.2, 0.25) is 0 Å². The minimum absolute atomic E-state index is 0.0595. The molecule has 0 bridgehead atoms. The van der Waals surface area contributed by atoms with Crippen molar-refractivity contribution >= 4 is 23.6 Å². The zero-order valence-corrected chi connectivity index (χ0v) is 12.4. The summed E-state index contributed by atoms with van der Waals surface area (Å²) in [6, 6.07) is 6.96. The van der Waals surface area contributed by atoms with Crippen molar-refractivity contribution in [2.45, 2.75) is 37.6 Å². The molecule has 2 atom stereocenters. The minimum Gasteiger partial charge on any atom is -0.425 e. The van der Waals surface area contributed by atoms with Crippen LogP contribution in [0.15, 0.2) is 24.3 Å². The Kier molecular flexibility index (Phi) is 3.24. The second-order valence-electron chi connectivity index (χ2n) is 5.45. The lowest BCUT2D eigenvalue weighted by Gasteiger charge is -2.29. The number of nitrogens with zero attached hydrogens (tertiary/aromatic N) is 1. The van der Waals surface area contributed by atoms with Gasteiger partial charge in [-0.2, -0.15) is 0 Å². The van der Waals surface area contributed by atoms with Gasteiger partial charge in [0.05, 0.1) is 4.87 Å². The predicted molar refractivity (Wildman–Crippen MR) is 77.5 cm³/mol. The highest BCUT2D eigenvalue weighted by Crippen LogP contribution is 2.47. The van der Waals surface area contributed by atoms with E-state index in [1.165, 1.54) is 0 Å². The largest absolute Gasteiger partial charge is 0.425 e. The fourth-order valence-electron chi connectivity index (χ4n) is 2.84. The number of amides is 1. The van der Waals surface area contributed by atoms with Gasteiger partial charge in [0, 0.05) is 12.2 Å². The minimum atomic E-state index is -0.459. The van der Waals surface area contributed by atoms with Crippen LogP contribution in [-0.2, 0) is 9.59 Å². The van der Waals surface area contributed by atoms with E-state index in [2.05, 4.69) is 0 Å². The molecule has 0 N–H and O–H groups in total. The zero-order chi connectivity index (χ0) is 14.3. The van der Waals surface area contributed by atoms with Gasteiger partial charge < -0.3 is 9.64 Å². The number of carbonyl (C=O) groups is 2. The SMILES string of the molecule is Cc1ccccc1OC(=O)C1CSC2(C)CCC(=O)N12. The van der Waals surface area contributed by atoms with E-state index < -0.39 is 6.04 Å². The second-order valence-corrected chi connectivity index (χ2v) is 6.95. The number of rotatable bonds is 2. The molecule has 0 radical (unpaired) electrons. The van der Waals surface area contributed by atoms with Crippen LogP contribution >= 0.6 is 11.8 Å². The third kappa shape index (κ3) is 2.10. The van der Waals surface area contributed by atoms with Gasteiger partial charge in [0.2, 0.25) is 5.91 Å². The van der Waals surface area contributed by atoms with E-state index in [9.17, 15) is 9.59 Å². The highest BCUT2D eigenvalue weighted by molar-refractivity contribution is 8.01. The summed E-state index contributed by atoms with van der Waals surface area (Å²) < 4.78 is 5.48. The normalized spacial score (nSPS) is 28.6. The van der Waals surface area contributed by atoms with E-state index in [0.29, 0.717) is 17.9 Å². The van der Waals surface area contributed by atoms with Gasteiger partial charge in [-0.3, -0.25) is 4.79 Å². The van der Waals surface area contributed by atoms with Crippen molar-refractivity contribution in [1.82, 2.24) is 4.90 Å². The number of fused-ring (bicyclic) bond motifs is 1. The van der Waals surface area contributed by atoms with Gasteiger partial charge in [-0.25, -0.2) is 4.79 Å². The highest BCUT2D eigenvalue weighted by atomic mass is 32.2. The summed E-state index contributed by atoms with van der Waals surface area (Å²) in [6.07, 6.45) is 1.34. The second kappa shape index (κ2) is 4.81. The van der Waals surface area contributed by atoms with Gasteiger partial charge in [0.25, 0.3) is 0 Å². The van der Waals surface area contributed by atoms with Crippen molar-refractivity contribution in [3.8, 4) is 5.75 Å². The Morgan fingerprint density at radius 3 is 2.95 bits per heavy atom. The van der Waals surface area contributed by atoms with E-state index >= 15 is 0 Å². The molecule has 1 aromatic rings. The van der Waals surface area contributed by atoms with Crippen LogP contribution in [0.25, 0.3) is 0 Å². The molecule has 106 valence electrons. The molecule has 4 nitrogen and oxygen atoms in total. The summed E-state index contributed by atoms with van der Waals surface area (Å²) >= 11 is 1.67. The first kappa shape index (κ1) is 13.5. The number of aryl methyl sites for hydroxylation is 1. The first-order chi connectivity index (χ1) is 9.51.